The SMILES string of the molecule is CNc1ncccc1S(=O)(=O)Nc1ccc(Cl)c(OC)c1. The smallest absolute Gasteiger partial charge is 0.265 e. The van der Waals surface area contributed by atoms with Crippen LogP contribution < -0.4 is 14.8 Å². The van der Waals surface area contributed by atoms with Crippen LogP contribution >= 0.6 is 11.6 Å². The van der Waals surface area contributed by atoms with Gasteiger partial charge < -0.3 is 10.1 Å². The van der Waals surface area contributed by atoms with Crippen LogP contribution in [0.2, 0.25) is 5.02 Å². The zero-order valence-electron chi connectivity index (χ0n) is 11.4. The number of anilines is 2. The summed E-state index contributed by atoms with van der Waals surface area (Å²) in [4.78, 5) is 4.03. The number of methoxy groups -OCH3 is 1. The minimum Gasteiger partial charge on any atom is -0.495 e. The maximum absolute atomic E-state index is 12.4. The predicted octanol–water partition coefficient (Wildman–Crippen LogP) is 2.59. The Kier molecular flexibility index (Phi) is 4.54. The van der Waals surface area contributed by atoms with Crippen LogP contribution in [0.25, 0.3) is 0 Å². The van der Waals surface area contributed by atoms with Crippen LogP contribution in [0.4, 0.5) is 11.5 Å². The van der Waals surface area contributed by atoms with Crippen LogP contribution in [0, 0.1) is 0 Å². The van der Waals surface area contributed by atoms with E-state index in [0.29, 0.717) is 16.5 Å². The lowest BCUT2D eigenvalue weighted by Crippen LogP contribution is -2.15. The molecule has 1 heterocycles. The normalized spacial score (nSPS) is 11.0. The van der Waals surface area contributed by atoms with Gasteiger partial charge in [0.05, 0.1) is 17.8 Å². The second-order valence-electron chi connectivity index (χ2n) is 4.05. The van der Waals surface area contributed by atoms with Crippen LogP contribution in [0.3, 0.4) is 0 Å². The second kappa shape index (κ2) is 6.19. The molecule has 0 aliphatic carbocycles. The first-order valence-corrected chi connectivity index (χ1v) is 7.83. The van der Waals surface area contributed by atoms with Crippen molar-refractivity contribution < 1.29 is 13.2 Å². The van der Waals surface area contributed by atoms with Gasteiger partial charge in [0, 0.05) is 19.3 Å². The van der Waals surface area contributed by atoms with Gasteiger partial charge in [0.1, 0.15) is 16.5 Å². The Balaban J connectivity index is 2.37. The molecule has 1 aromatic heterocycles. The van der Waals surface area contributed by atoms with Gasteiger partial charge in [-0.25, -0.2) is 13.4 Å². The molecular formula is C13H14ClN3O3S. The predicted molar refractivity (Wildman–Crippen MR) is 82.6 cm³/mol. The molecule has 0 atom stereocenters. The van der Waals surface area contributed by atoms with Gasteiger partial charge in [0.25, 0.3) is 10.0 Å². The summed E-state index contributed by atoms with van der Waals surface area (Å²) in [6.07, 6.45) is 1.51. The van der Waals surface area contributed by atoms with E-state index >= 15 is 0 Å². The summed E-state index contributed by atoms with van der Waals surface area (Å²) in [5.74, 6) is 0.655. The first kappa shape index (κ1) is 15.4. The molecule has 112 valence electrons. The summed E-state index contributed by atoms with van der Waals surface area (Å²) in [5, 5.41) is 3.14. The van der Waals surface area contributed by atoms with Crippen molar-refractivity contribution >= 4 is 33.1 Å². The van der Waals surface area contributed by atoms with Crippen LogP contribution in [0.1, 0.15) is 0 Å². The van der Waals surface area contributed by atoms with E-state index in [9.17, 15) is 8.42 Å². The number of sulfonamides is 1. The number of ether oxygens (including phenoxy) is 1. The molecule has 0 unspecified atom stereocenters. The Hall–Kier alpha value is -1.99. The molecule has 0 aliphatic rings. The van der Waals surface area contributed by atoms with Crippen molar-refractivity contribution in [3.05, 3.63) is 41.6 Å². The minimum atomic E-state index is -3.77. The van der Waals surface area contributed by atoms with E-state index in [4.69, 9.17) is 16.3 Å². The summed E-state index contributed by atoms with van der Waals surface area (Å²) in [7, 11) is -0.706. The molecular weight excluding hydrogens is 314 g/mol. The number of hydrogen-bond acceptors (Lipinski definition) is 5. The zero-order chi connectivity index (χ0) is 15.5. The van der Waals surface area contributed by atoms with E-state index in [1.807, 2.05) is 0 Å². The Morgan fingerprint density at radius 3 is 2.71 bits per heavy atom. The number of pyridine rings is 1. The van der Waals surface area contributed by atoms with E-state index in [2.05, 4.69) is 15.0 Å². The van der Waals surface area contributed by atoms with E-state index in [1.165, 1.54) is 25.4 Å². The van der Waals surface area contributed by atoms with E-state index in [-0.39, 0.29) is 10.7 Å². The molecule has 0 spiro atoms. The number of nitrogens with one attached hydrogen (secondary N) is 2. The highest BCUT2D eigenvalue weighted by atomic mass is 35.5. The third kappa shape index (κ3) is 3.37. The summed E-state index contributed by atoms with van der Waals surface area (Å²) < 4.78 is 32.3. The van der Waals surface area contributed by atoms with Crippen molar-refractivity contribution in [1.29, 1.82) is 0 Å². The first-order valence-electron chi connectivity index (χ1n) is 5.97. The van der Waals surface area contributed by atoms with Crippen molar-refractivity contribution in [3.8, 4) is 5.75 Å². The van der Waals surface area contributed by atoms with Gasteiger partial charge in [0.2, 0.25) is 0 Å². The maximum Gasteiger partial charge on any atom is 0.265 e. The Labute approximate surface area is 128 Å². The molecule has 1 aromatic carbocycles. The summed E-state index contributed by atoms with van der Waals surface area (Å²) in [6, 6.07) is 7.64. The van der Waals surface area contributed by atoms with Gasteiger partial charge in [-0.2, -0.15) is 0 Å². The molecule has 2 aromatic rings. The lowest BCUT2D eigenvalue weighted by atomic mass is 10.3. The van der Waals surface area contributed by atoms with E-state index in [1.54, 1.807) is 25.2 Å². The third-order valence-corrected chi connectivity index (χ3v) is 4.43. The fourth-order valence-corrected chi connectivity index (χ4v) is 3.14. The van der Waals surface area contributed by atoms with Gasteiger partial charge in [-0.3, -0.25) is 4.72 Å². The molecule has 21 heavy (non-hydrogen) atoms. The van der Waals surface area contributed by atoms with Crippen LogP contribution in [-0.2, 0) is 10.0 Å². The fraction of sp³-hybridized carbons (Fsp3) is 0.154. The Morgan fingerprint density at radius 2 is 2.05 bits per heavy atom. The maximum atomic E-state index is 12.4. The number of hydrogen-bond donors (Lipinski definition) is 2. The minimum absolute atomic E-state index is 0.0569. The number of benzene rings is 1. The van der Waals surface area contributed by atoms with E-state index in [0.717, 1.165) is 0 Å². The molecule has 0 amide bonds. The molecule has 0 saturated carbocycles. The second-order valence-corrected chi connectivity index (χ2v) is 6.11. The summed E-state index contributed by atoms with van der Waals surface area (Å²) >= 11 is 5.91. The van der Waals surface area contributed by atoms with Crippen molar-refractivity contribution in [2.45, 2.75) is 4.90 Å². The van der Waals surface area contributed by atoms with Crippen molar-refractivity contribution in [2.75, 3.05) is 24.2 Å². The van der Waals surface area contributed by atoms with E-state index < -0.39 is 10.0 Å². The highest BCUT2D eigenvalue weighted by Crippen LogP contribution is 2.29. The Morgan fingerprint density at radius 1 is 1.29 bits per heavy atom. The standard InChI is InChI=1S/C13H14ClN3O3S/c1-15-13-12(4-3-7-16-13)21(18,19)17-9-5-6-10(14)11(8-9)20-2/h3-8,17H,1-2H3,(H,15,16). The zero-order valence-corrected chi connectivity index (χ0v) is 13.0. The summed E-state index contributed by atoms with van der Waals surface area (Å²) in [6.45, 7) is 0. The molecule has 8 heteroatoms. The van der Waals surface area contributed by atoms with Gasteiger partial charge >= 0.3 is 0 Å². The molecule has 0 saturated heterocycles. The first-order chi connectivity index (χ1) is 9.97. The largest absolute Gasteiger partial charge is 0.495 e. The number of rotatable bonds is 5. The van der Waals surface area contributed by atoms with Crippen molar-refractivity contribution in [3.63, 3.8) is 0 Å². The molecule has 0 radical (unpaired) electrons. The molecule has 0 aliphatic heterocycles. The summed E-state index contributed by atoms with van der Waals surface area (Å²) in [5.41, 5.74) is 0.349. The van der Waals surface area contributed by atoms with Crippen molar-refractivity contribution in [1.82, 2.24) is 4.98 Å². The molecule has 2 rings (SSSR count). The lowest BCUT2D eigenvalue weighted by Gasteiger charge is -2.12. The van der Waals surface area contributed by atoms with Gasteiger partial charge in [-0.15, -0.1) is 0 Å². The monoisotopic (exact) mass is 327 g/mol. The lowest BCUT2D eigenvalue weighted by molar-refractivity contribution is 0.415. The van der Waals surface area contributed by atoms with Gasteiger partial charge in [-0.1, -0.05) is 11.6 Å². The Bertz CT molecular complexity index is 750. The highest BCUT2D eigenvalue weighted by molar-refractivity contribution is 7.92. The average Bonchev–Trinajstić information content (AvgIpc) is 2.49. The highest BCUT2D eigenvalue weighted by Gasteiger charge is 2.19. The van der Waals surface area contributed by atoms with Crippen LogP contribution in [0.15, 0.2) is 41.4 Å². The average molecular weight is 328 g/mol. The number of nitrogens with zero attached hydrogens (tertiary/aromatic N) is 1. The quantitative estimate of drug-likeness (QED) is 0.882. The molecule has 2 N–H and O–H groups in total. The van der Waals surface area contributed by atoms with Crippen LogP contribution in [0.5, 0.6) is 5.75 Å². The number of halogens is 1. The molecule has 6 nitrogen and oxygen atoms in total. The number of aromatic nitrogens is 1. The molecule has 0 fully saturated rings. The third-order valence-electron chi connectivity index (χ3n) is 2.70. The molecule has 0 bridgehead atoms. The van der Waals surface area contributed by atoms with Gasteiger partial charge in [0.15, 0.2) is 0 Å². The van der Waals surface area contributed by atoms with Crippen molar-refractivity contribution in [2.24, 2.45) is 0 Å². The fourth-order valence-electron chi connectivity index (χ4n) is 1.73. The topological polar surface area (TPSA) is 80.3 Å². The van der Waals surface area contributed by atoms with Gasteiger partial charge in [-0.05, 0) is 24.3 Å². The van der Waals surface area contributed by atoms with Crippen LogP contribution in [-0.4, -0.2) is 27.6 Å².